The van der Waals surface area contributed by atoms with Crippen LogP contribution >= 0.6 is 0 Å². The Balaban J connectivity index is 2.17. The number of nitrogens with one attached hydrogen (secondary N) is 1. The number of nitrogens with zero attached hydrogens (tertiary/aromatic N) is 2. The van der Waals surface area contributed by atoms with Crippen LogP contribution in [0, 0.1) is 0 Å². The number of benzene rings is 1. The summed E-state index contributed by atoms with van der Waals surface area (Å²) in [6.45, 7) is 5.91. The summed E-state index contributed by atoms with van der Waals surface area (Å²) < 4.78 is 27.0. The van der Waals surface area contributed by atoms with E-state index in [9.17, 15) is 8.42 Å². The SMILES string of the molecule is CC(C)S(=O)(=O)NC[C@@H](c1ccc(N(C)C)cc1)N1CCCC1. The number of hydrogen-bond donors (Lipinski definition) is 1. The van der Waals surface area contributed by atoms with Crippen LogP contribution in [0.15, 0.2) is 24.3 Å². The molecule has 0 aromatic heterocycles. The summed E-state index contributed by atoms with van der Waals surface area (Å²) in [6.07, 6.45) is 2.37. The standard InChI is InChI=1S/C17H29N3O2S/c1-14(2)23(21,22)18-13-17(20-11-5-6-12-20)15-7-9-16(10-8-15)19(3)4/h7-10,14,17-18H,5-6,11-13H2,1-4H3/t17-/m0/s1. The lowest BCUT2D eigenvalue weighted by atomic mass is 10.1. The van der Waals surface area contributed by atoms with Crippen LogP contribution < -0.4 is 9.62 Å². The molecule has 1 aromatic rings. The third-order valence-electron chi connectivity index (χ3n) is 4.47. The van der Waals surface area contributed by atoms with Crippen LogP contribution in [-0.2, 0) is 10.0 Å². The third kappa shape index (κ3) is 4.68. The summed E-state index contributed by atoms with van der Waals surface area (Å²) in [5.41, 5.74) is 2.32. The second-order valence-electron chi connectivity index (χ2n) is 6.69. The molecular formula is C17H29N3O2S. The van der Waals surface area contributed by atoms with Crippen LogP contribution in [0.25, 0.3) is 0 Å². The van der Waals surface area contributed by atoms with Gasteiger partial charge in [0, 0.05) is 32.4 Å². The summed E-state index contributed by atoms with van der Waals surface area (Å²) in [7, 11) is 0.798. The monoisotopic (exact) mass is 339 g/mol. The average molecular weight is 340 g/mol. The van der Waals surface area contributed by atoms with Crippen molar-refractivity contribution in [2.24, 2.45) is 0 Å². The lowest BCUT2D eigenvalue weighted by molar-refractivity contribution is 0.246. The van der Waals surface area contributed by atoms with E-state index in [0.29, 0.717) is 6.54 Å². The van der Waals surface area contributed by atoms with Crippen molar-refractivity contribution in [1.82, 2.24) is 9.62 Å². The van der Waals surface area contributed by atoms with Crippen molar-refractivity contribution in [3.05, 3.63) is 29.8 Å². The molecule has 1 heterocycles. The highest BCUT2D eigenvalue weighted by molar-refractivity contribution is 7.90. The van der Waals surface area contributed by atoms with Crippen molar-refractivity contribution in [3.8, 4) is 0 Å². The van der Waals surface area contributed by atoms with Gasteiger partial charge >= 0.3 is 0 Å². The molecule has 0 saturated carbocycles. The zero-order valence-electron chi connectivity index (χ0n) is 14.6. The molecule has 1 aliphatic rings. The van der Waals surface area contributed by atoms with Crippen molar-refractivity contribution < 1.29 is 8.42 Å². The van der Waals surface area contributed by atoms with Crippen molar-refractivity contribution in [3.63, 3.8) is 0 Å². The molecule has 6 heteroatoms. The van der Waals surface area contributed by atoms with Gasteiger partial charge < -0.3 is 4.90 Å². The van der Waals surface area contributed by atoms with Crippen LogP contribution in [-0.4, -0.2) is 52.3 Å². The predicted octanol–water partition coefficient (Wildman–Crippen LogP) is 2.22. The lowest BCUT2D eigenvalue weighted by Gasteiger charge is -2.29. The molecule has 2 rings (SSSR count). The van der Waals surface area contributed by atoms with E-state index in [1.807, 2.05) is 14.1 Å². The molecular weight excluding hydrogens is 310 g/mol. The van der Waals surface area contributed by atoms with Crippen LogP contribution in [0.4, 0.5) is 5.69 Å². The van der Waals surface area contributed by atoms with Crippen molar-refractivity contribution in [2.45, 2.75) is 38.0 Å². The van der Waals surface area contributed by atoms with Gasteiger partial charge in [-0.3, -0.25) is 4.90 Å². The Morgan fingerprint density at radius 2 is 1.70 bits per heavy atom. The van der Waals surface area contributed by atoms with Gasteiger partial charge in [0.15, 0.2) is 0 Å². The molecule has 1 fully saturated rings. The molecule has 130 valence electrons. The largest absolute Gasteiger partial charge is 0.378 e. The third-order valence-corrected chi connectivity index (χ3v) is 6.28. The molecule has 1 aliphatic heterocycles. The predicted molar refractivity (Wildman–Crippen MR) is 96.4 cm³/mol. The van der Waals surface area contributed by atoms with E-state index in [0.717, 1.165) is 18.8 Å². The molecule has 23 heavy (non-hydrogen) atoms. The van der Waals surface area contributed by atoms with Gasteiger partial charge in [-0.2, -0.15) is 0 Å². The molecule has 0 amide bonds. The molecule has 0 radical (unpaired) electrons. The Kier molecular flexibility index (Phi) is 6.06. The van der Waals surface area contributed by atoms with E-state index in [4.69, 9.17) is 0 Å². The van der Waals surface area contributed by atoms with Crippen molar-refractivity contribution in [2.75, 3.05) is 38.6 Å². The number of hydrogen-bond acceptors (Lipinski definition) is 4. The van der Waals surface area contributed by atoms with Gasteiger partial charge in [0.05, 0.1) is 5.25 Å². The van der Waals surface area contributed by atoms with Crippen LogP contribution in [0.2, 0.25) is 0 Å². The van der Waals surface area contributed by atoms with Crippen LogP contribution in [0.5, 0.6) is 0 Å². The Hall–Kier alpha value is -1.11. The Morgan fingerprint density at radius 1 is 1.13 bits per heavy atom. The first-order chi connectivity index (χ1) is 10.8. The molecule has 1 aromatic carbocycles. The number of rotatable bonds is 7. The van der Waals surface area contributed by atoms with E-state index >= 15 is 0 Å². The van der Waals surface area contributed by atoms with Crippen LogP contribution in [0.3, 0.4) is 0 Å². The van der Waals surface area contributed by atoms with E-state index in [-0.39, 0.29) is 6.04 Å². The fraction of sp³-hybridized carbons (Fsp3) is 0.647. The maximum absolute atomic E-state index is 12.1. The quantitative estimate of drug-likeness (QED) is 0.828. The van der Waals surface area contributed by atoms with Gasteiger partial charge in [0.1, 0.15) is 0 Å². The van der Waals surface area contributed by atoms with Crippen molar-refractivity contribution >= 4 is 15.7 Å². The highest BCUT2D eigenvalue weighted by atomic mass is 32.2. The highest BCUT2D eigenvalue weighted by Gasteiger charge is 2.26. The Bertz CT molecular complexity index is 591. The van der Waals surface area contributed by atoms with Gasteiger partial charge in [-0.05, 0) is 57.5 Å². The zero-order valence-corrected chi connectivity index (χ0v) is 15.4. The number of anilines is 1. The van der Waals surface area contributed by atoms with E-state index in [1.165, 1.54) is 18.4 Å². The summed E-state index contributed by atoms with van der Waals surface area (Å²) in [5.74, 6) is 0. The normalized spacial score (nSPS) is 17.6. The number of sulfonamides is 1. The van der Waals surface area contributed by atoms with Gasteiger partial charge in [-0.25, -0.2) is 13.1 Å². The first-order valence-corrected chi connectivity index (χ1v) is 9.85. The first kappa shape index (κ1) is 18.2. The Labute approximate surface area is 140 Å². The minimum atomic E-state index is -3.24. The molecule has 0 spiro atoms. The second-order valence-corrected chi connectivity index (χ2v) is 9.01. The van der Waals surface area contributed by atoms with Crippen LogP contribution in [0.1, 0.15) is 38.3 Å². The van der Waals surface area contributed by atoms with Gasteiger partial charge in [-0.15, -0.1) is 0 Å². The average Bonchev–Trinajstić information content (AvgIpc) is 3.02. The topological polar surface area (TPSA) is 52.7 Å². The molecule has 0 bridgehead atoms. The smallest absolute Gasteiger partial charge is 0.213 e. The molecule has 0 unspecified atom stereocenters. The van der Waals surface area contributed by atoms with Gasteiger partial charge in [0.25, 0.3) is 0 Å². The fourth-order valence-electron chi connectivity index (χ4n) is 2.87. The first-order valence-electron chi connectivity index (χ1n) is 8.31. The lowest BCUT2D eigenvalue weighted by Crippen LogP contribution is -2.39. The minimum Gasteiger partial charge on any atom is -0.378 e. The van der Waals surface area contributed by atoms with Crippen molar-refractivity contribution in [1.29, 1.82) is 0 Å². The van der Waals surface area contributed by atoms with E-state index in [2.05, 4.69) is 38.8 Å². The minimum absolute atomic E-state index is 0.0993. The summed E-state index contributed by atoms with van der Waals surface area (Å²) in [4.78, 5) is 4.45. The molecule has 5 nitrogen and oxygen atoms in total. The van der Waals surface area contributed by atoms with E-state index in [1.54, 1.807) is 13.8 Å². The fourth-order valence-corrected chi connectivity index (χ4v) is 3.59. The maximum Gasteiger partial charge on any atom is 0.213 e. The molecule has 1 saturated heterocycles. The zero-order chi connectivity index (χ0) is 17.0. The summed E-state index contributed by atoms with van der Waals surface area (Å²) in [6, 6.07) is 8.51. The van der Waals surface area contributed by atoms with E-state index < -0.39 is 15.3 Å². The summed E-state index contributed by atoms with van der Waals surface area (Å²) in [5, 5.41) is -0.405. The van der Waals surface area contributed by atoms with Gasteiger partial charge in [-0.1, -0.05) is 12.1 Å². The molecule has 1 atom stereocenters. The second kappa shape index (κ2) is 7.64. The Morgan fingerprint density at radius 3 is 2.17 bits per heavy atom. The maximum atomic E-state index is 12.1. The molecule has 1 N–H and O–H groups in total. The highest BCUT2D eigenvalue weighted by Crippen LogP contribution is 2.26. The summed E-state index contributed by atoms with van der Waals surface area (Å²) >= 11 is 0. The van der Waals surface area contributed by atoms with Gasteiger partial charge in [0.2, 0.25) is 10.0 Å². The molecule has 0 aliphatic carbocycles. The number of likely N-dealkylation sites (tertiary alicyclic amines) is 1.